The second-order valence-corrected chi connectivity index (χ2v) is 6.91. The average Bonchev–Trinajstić information content (AvgIpc) is 3.43. The van der Waals surface area contributed by atoms with Gasteiger partial charge in [-0.2, -0.15) is 16.3 Å². The molecule has 0 fully saturated rings. The van der Waals surface area contributed by atoms with Gasteiger partial charge in [0.15, 0.2) is 6.61 Å². The van der Waals surface area contributed by atoms with Gasteiger partial charge in [-0.05, 0) is 35.6 Å². The van der Waals surface area contributed by atoms with Gasteiger partial charge in [-0.15, -0.1) is 0 Å². The number of ether oxygens (including phenoxy) is 2. The van der Waals surface area contributed by atoms with Crippen LogP contribution in [0.1, 0.15) is 17.9 Å². The van der Waals surface area contributed by atoms with E-state index in [1.165, 1.54) is 11.3 Å². The lowest BCUT2D eigenvalue weighted by atomic mass is 10.1. The molecule has 3 aromatic rings. The second kappa shape index (κ2) is 10.4. The molecule has 29 heavy (non-hydrogen) atoms. The summed E-state index contributed by atoms with van der Waals surface area (Å²) in [6, 6.07) is 9.50. The molecule has 8 nitrogen and oxygen atoms in total. The zero-order valence-electron chi connectivity index (χ0n) is 15.9. The Morgan fingerprint density at radius 1 is 1.17 bits per heavy atom. The quantitative estimate of drug-likeness (QED) is 0.508. The van der Waals surface area contributed by atoms with E-state index in [-0.39, 0.29) is 25.4 Å². The van der Waals surface area contributed by atoms with E-state index < -0.39 is 5.97 Å². The van der Waals surface area contributed by atoms with Gasteiger partial charge in [0, 0.05) is 23.9 Å². The summed E-state index contributed by atoms with van der Waals surface area (Å²) in [6.07, 6.45) is 0.993. The molecule has 0 saturated heterocycles. The van der Waals surface area contributed by atoms with Gasteiger partial charge < -0.3 is 19.3 Å². The minimum Gasteiger partial charge on any atom is -0.497 e. The molecular weight excluding hydrogens is 394 g/mol. The highest BCUT2D eigenvalue weighted by Crippen LogP contribution is 2.19. The van der Waals surface area contributed by atoms with Crippen molar-refractivity contribution < 1.29 is 23.6 Å². The third kappa shape index (κ3) is 6.42. The van der Waals surface area contributed by atoms with E-state index in [0.29, 0.717) is 24.7 Å². The van der Waals surface area contributed by atoms with Crippen molar-refractivity contribution in [1.82, 2.24) is 15.5 Å². The van der Waals surface area contributed by atoms with Crippen molar-refractivity contribution in [2.75, 3.05) is 20.3 Å². The largest absolute Gasteiger partial charge is 0.497 e. The van der Waals surface area contributed by atoms with E-state index in [0.717, 1.165) is 16.9 Å². The predicted molar refractivity (Wildman–Crippen MR) is 107 cm³/mol. The number of carbonyl (C=O) groups excluding carboxylic acids is 2. The van der Waals surface area contributed by atoms with E-state index in [1.807, 2.05) is 41.1 Å². The van der Waals surface area contributed by atoms with E-state index >= 15 is 0 Å². The summed E-state index contributed by atoms with van der Waals surface area (Å²) in [5, 5.41) is 10.4. The van der Waals surface area contributed by atoms with E-state index in [4.69, 9.17) is 14.0 Å². The number of carbonyl (C=O) groups is 2. The number of aryl methyl sites for hydroxylation is 1. The Morgan fingerprint density at radius 3 is 2.72 bits per heavy atom. The van der Waals surface area contributed by atoms with Crippen LogP contribution in [0.25, 0.3) is 11.4 Å². The Morgan fingerprint density at radius 2 is 2.00 bits per heavy atom. The molecule has 0 aliphatic rings. The molecule has 9 heteroatoms. The first-order valence-electron chi connectivity index (χ1n) is 9.04. The first kappa shape index (κ1) is 20.5. The van der Waals surface area contributed by atoms with Gasteiger partial charge in [-0.25, -0.2) is 0 Å². The second-order valence-electron chi connectivity index (χ2n) is 6.13. The van der Waals surface area contributed by atoms with Crippen molar-refractivity contribution >= 4 is 23.2 Å². The van der Waals surface area contributed by atoms with Gasteiger partial charge in [0.1, 0.15) is 5.75 Å². The van der Waals surface area contributed by atoms with Crippen LogP contribution in [0, 0.1) is 0 Å². The Kier molecular flexibility index (Phi) is 7.34. The van der Waals surface area contributed by atoms with Gasteiger partial charge >= 0.3 is 5.97 Å². The van der Waals surface area contributed by atoms with Crippen LogP contribution in [-0.2, 0) is 27.2 Å². The number of methoxy groups -OCH3 is 1. The maximum absolute atomic E-state index is 11.8. The minimum absolute atomic E-state index is 0.0599. The van der Waals surface area contributed by atoms with Crippen molar-refractivity contribution in [1.29, 1.82) is 0 Å². The van der Waals surface area contributed by atoms with Gasteiger partial charge in [0.05, 0.1) is 13.5 Å². The number of rotatable bonds is 10. The SMILES string of the molecule is COc1ccc(CCNC(=O)COC(=O)CCc2nc(-c3ccsc3)no2)cc1. The first-order valence-corrected chi connectivity index (χ1v) is 9.98. The standard InChI is InChI=1S/C20H21N3O5S/c1-26-16-4-2-14(3-5-16)8-10-21-17(24)12-27-19(25)7-6-18-22-20(23-28-18)15-9-11-29-13-15/h2-5,9,11,13H,6-8,10,12H2,1H3,(H,21,24). The molecule has 0 unspecified atom stereocenters. The Hall–Kier alpha value is -3.20. The lowest BCUT2D eigenvalue weighted by Crippen LogP contribution is -2.30. The Bertz CT molecular complexity index is 922. The molecule has 0 atom stereocenters. The smallest absolute Gasteiger partial charge is 0.306 e. The number of esters is 1. The van der Waals surface area contributed by atoms with Crippen LogP contribution in [0.4, 0.5) is 0 Å². The van der Waals surface area contributed by atoms with Crippen molar-refractivity contribution in [2.45, 2.75) is 19.3 Å². The summed E-state index contributed by atoms with van der Waals surface area (Å²) in [7, 11) is 1.61. The molecule has 0 radical (unpaired) electrons. The highest BCUT2D eigenvalue weighted by Gasteiger charge is 2.12. The Balaban J connectivity index is 1.31. The molecule has 2 heterocycles. The fraction of sp³-hybridized carbons (Fsp3) is 0.300. The maximum Gasteiger partial charge on any atom is 0.306 e. The van der Waals surface area contributed by atoms with E-state index in [9.17, 15) is 9.59 Å². The molecule has 2 aromatic heterocycles. The Labute approximate surface area is 171 Å². The number of amides is 1. The molecule has 1 amide bonds. The van der Waals surface area contributed by atoms with Crippen molar-refractivity contribution in [2.24, 2.45) is 0 Å². The lowest BCUT2D eigenvalue weighted by Gasteiger charge is -2.07. The zero-order chi connectivity index (χ0) is 20.5. The van der Waals surface area contributed by atoms with Gasteiger partial charge in [0.25, 0.3) is 5.91 Å². The van der Waals surface area contributed by atoms with Gasteiger partial charge in [-0.3, -0.25) is 9.59 Å². The summed E-state index contributed by atoms with van der Waals surface area (Å²) in [6.45, 7) is 0.140. The van der Waals surface area contributed by atoms with Gasteiger partial charge in [0.2, 0.25) is 11.7 Å². The monoisotopic (exact) mass is 415 g/mol. The summed E-state index contributed by atoms with van der Waals surface area (Å²) in [4.78, 5) is 27.8. The molecule has 0 aliphatic heterocycles. The first-order chi connectivity index (χ1) is 14.1. The van der Waals surface area contributed by atoms with Crippen LogP contribution >= 0.6 is 11.3 Å². The molecule has 152 valence electrons. The molecule has 0 saturated carbocycles. The molecule has 1 N–H and O–H groups in total. The van der Waals surface area contributed by atoms with Gasteiger partial charge in [-0.1, -0.05) is 17.3 Å². The summed E-state index contributed by atoms with van der Waals surface area (Å²) in [5.41, 5.74) is 1.95. The fourth-order valence-electron chi connectivity index (χ4n) is 2.48. The number of aromatic nitrogens is 2. The third-order valence-corrected chi connectivity index (χ3v) is 4.73. The summed E-state index contributed by atoms with van der Waals surface area (Å²) in [5.74, 6) is 0.792. The highest BCUT2D eigenvalue weighted by atomic mass is 32.1. The summed E-state index contributed by atoms with van der Waals surface area (Å²) < 4.78 is 15.2. The van der Waals surface area contributed by atoms with Crippen LogP contribution in [0.2, 0.25) is 0 Å². The molecule has 1 aromatic carbocycles. The van der Waals surface area contributed by atoms with Crippen molar-refractivity contribution in [3.63, 3.8) is 0 Å². The van der Waals surface area contributed by atoms with E-state index in [1.54, 1.807) is 7.11 Å². The van der Waals surface area contributed by atoms with Crippen LogP contribution in [0.15, 0.2) is 45.6 Å². The fourth-order valence-corrected chi connectivity index (χ4v) is 3.12. The topological polar surface area (TPSA) is 104 Å². The number of hydrogen-bond donors (Lipinski definition) is 1. The predicted octanol–water partition coefficient (Wildman–Crippen LogP) is 2.64. The molecule has 0 spiro atoms. The highest BCUT2D eigenvalue weighted by molar-refractivity contribution is 7.08. The van der Waals surface area contributed by atoms with Crippen molar-refractivity contribution in [3.05, 3.63) is 52.5 Å². The number of nitrogens with zero attached hydrogens (tertiary/aromatic N) is 2. The number of benzene rings is 1. The number of thiophene rings is 1. The third-order valence-electron chi connectivity index (χ3n) is 4.05. The van der Waals surface area contributed by atoms with Crippen LogP contribution in [0.5, 0.6) is 5.75 Å². The molecular formula is C20H21N3O5S. The minimum atomic E-state index is -0.495. The van der Waals surface area contributed by atoms with Crippen molar-refractivity contribution in [3.8, 4) is 17.1 Å². The summed E-state index contributed by atoms with van der Waals surface area (Å²) >= 11 is 1.54. The zero-order valence-corrected chi connectivity index (χ0v) is 16.7. The number of hydrogen-bond acceptors (Lipinski definition) is 8. The van der Waals surface area contributed by atoms with Crippen LogP contribution in [0.3, 0.4) is 0 Å². The molecule has 0 aliphatic carbocycles. The maximum atomic E-state index is 11.8. The molecule has 3 rings (SSSR count). The van der Waals surface area contributed by atoms with Crippen LogP contribution < -0.4 is 10.1 Å². The van der Waals surface area contributed by atoms with E-state index in [2.05, 4.69) is 15.5 Å². The molecule has 0 bridgehead atoms. The average molecular weight is 415 g/mol. The normalized spacial score (nSPS) is 10.5. The number of nitrogens with one attached hydrogen (secondary N) is 1. The lowest BCUT2D eigenvalue weighted by molar-refractivity contribution is -0.148. The van der Waals surface area contributed by atoms with Crippen LogP contribution in [-0.4, -0.2) is 42.3 Å².